The number of hydrogen-bond donors (Lipinski definition) is 1. The first-order valence-corrected chi connectivity index (χ1v) is 16.1. The number of rotatable bonds is 3. The summed E-state index contributed by atoms with van der Waals surface area (Å²) in [6.07, 6.45) is 1.22. The molecule has 2 bridgehead atoms. The molecule has 1 N–H and O–H groups in total. The summed E-state index contributed by atoms with van der Waals surface area (Å²) in [7, 11) is 1.48. The van der Waals surface area contributed by atoms with Gasteiger partial charge in [0.2, 0.25) is 11.8 Å². The Morgan fingerprint density at radius 1 is 1.11 bits per heavy atom. The number of halogens is 2. The lowest BCUT2D eigenvalue weighted by molar-refractivity contribution is -0.139. The maximum atomic E-state index is 16.0. The van der Waals surface area contributed by atoms with Gasteiger partial charge in [-0.2, -0.15) is 8.78 Å². The Labute approximate surface area is 266 Å². The van der Waals surface area contributed by atoms with Gasteiger partial charge in [-0.25, -0.2) is 14.8 Å². The van der Waals surface area contributed by atoms with Crippen LogP contribution in [0, 0.1) is 29.1 Å². The van der Waals surface area contributed by atoms with E-state index in [1.165, 1.54) is 12.0 Å². The van der Waals surface area contributed by atoms with E-state index >= 15 is 8.78 Å². The highest BCUT2D eigenvalue weighted by Crippen LogP contribution is 2.57. The van der Waals surface area contributed by atoms with Crippen LogP contribution in [0.5, 0.6) is 11.6 Å². The fraction of sp³-hybridized carbons (Fsp3) is 0.667. The van der Waals surface area contributed by atoms with E-state index in [1.807, 2.05) is 27.7 Å². The van der Waals surface area contributed by atoms with Gasteiger partial charge in [0.1, 0.15) is 36.9 Å². The highest BCUT2D eigenvalue weighted by molar-refractivity contribution is 5.89. The average molecular weight is 645 g/mol. The first-order valence-electron chi connectivity index (χ1n) is 16.1. The minimum atomic E-state index is -3.58. The van der Waals surface area contributed by atoms with Crippen molar-refractivity contribution >= 4 is 29.3 Å². The van der Waals surface area contributed by atoms with E-state index in [9.17, 15) is 14.4 Å². The highest BCUT2D eigenvalue weighted by atomic mass is 19.3. The second-order valence-electron chi connectivity index (χ2n) is 14.1. The van der Waals surface area contributed by atoms with E-state index in [0.29, 0.717) is 43.1 Å². The molecule has 8 atom stereocenters. The lowest BCUT2D eigenvalue weighted by Crippen LogP contribution is -2.56. The van der Waals surface area contributed by atoms with Crippen molar-refractivity contribution < 1.29 is 42.1 Å². The minimum Gasteiger partial charge on any atom is -0.497 e. The number of methoxy groups -OCH3 is 1. The second kappa shape index (κ2) is 12.2. The predicted octanol–water partition coefficient (Wildman–Crippen LogP) is 4.50. The molecule has 46 heavy (non-hydrogen) atoms. The van der Waals surface area contributed by atoms with Gasteiger partial charge in [0.15, 0.2) is 5.69 Å². The molecular weight excluding hydrogens is 602 g/mol. The van der Waals surface area contributed by atoms with Crippen LogP contribution in [0.25, 0.3) is 11.0 Å². The maximum absolute atomic E-state index is 16.0. The summed E-state index contributed by atoms with van der Waals surface area (Å²) in [6, 6.07) is 2.79. The maximum Gasteiger partial charge on any atom is 0.408 e. The van der Waals surface area contributed by atoms with Gasteiger partial charge in [-0.1, -0.05) is 27.7 Å². The SMILES string of the molecule is CC[C@@H]1[C@@H]2CN(C(=O)[C@H](C(C)(C)C)NC(=O)O[C@@H]3CC4CC4[C@H]3CCOCC(F)(F)c3nc4ccc(OC)cc4nc3O2)[C@@H]1C=O. The number of carbonyl (C=O) groups excluding carboxylic acids is 3. The van der Waals surface area contributed by atoms with Crippen molar-refractivity contribution in [1.82, 2.24) is 20.2 Å². The smallest absolute Gasteiger partial charge is 0.408 e. The Hall–Kier alpha value is -3.61. The third kappa shape index (κ3) is 6.10. The molecule has 0 radical (unpaired) electrons. The number of ether oxygens (including phenoxy) is 4. The fourth-order valence-corrected chi connectivity index (χ4v) is 7.49. The summed E-state index contributed by atoms with van der Waals surface area (Å²) in [5.41, 5.74) is -0.920. The van der Waals surface area contributed by atoms with Gasteiger partial charge in [0, 0.05) is 24.5 Å². The molecule has 250 valence electrons. The van der Waals surface area contributed by atoms with E-state index in [2.05, 4.69) is 15.3 Å². The van der Waals surface area contributed by atoms with Crippen molar-refractivity contribution in [2.75, 3.05) is 26.9 Å². The number of nitrogens with zero attached hydrogens (tertiary/aromatic N) is 3. The summed E-state index contributed by atoms with van der Waals surface area (Å²) in [4.78, 5) is 50.0. The standard InChI is InChI=1S/C33H42F2N4O7/c1-6-19-24(15-40)39-14-26(19)45-29-27(36-22-8-7-18(43-5)13-23(22)37-29)33(34,35)16-44-10-9-20-21-11-17(21)12-25(20)46-31(42)38-28(30(39)41)32(2,3)4/h7-8,13,15,17,19-21,24-26,28H,6,9-12,14,16H2,1-5H3,(H,38,42)/t17?,19-,20+,21?,24+,25+,26-,28+/m0/s1. The fourth-order valence-electron chi connectivity index (χ4n) is 7.49. The monoisotopic (exact) mass is 644 g/mol. The zero-order valence-electron chi connectivity index (χ0n) is 26.8. The third-order valence-corrected chi connectivity index (χ3v) is 10.0. The molecule has 2 aliphatic heterocycles. The van der Waals surface area contributed by atoms with Crippen LogP contribution in [0.4, 0.5) is 13.6 Å². The number of benzene rings is 1. The van der Waals surface area contributed by atoms with Gasteiger partial charge in [-0.05, 0) is 55.1 Å². The van der Waals surface area contributed by atoms with Gasteiger partial charge < -0.3 is 34.0 Å². The van der Waals surface area contributed by atoms with Crippen LogP contribution in [0.3, 0.4) is 0 Å². The Morgan fingerprint density at radius 2 is 1.89 bits per heavy atom. The Kier molecular flexibility index (Phi) is 8.58. The number of amides is 2. The van der Waals surface area contributed by atoms with E-state index in [1.54, 1.807) is 18.2 Å². The number of nitrogens with one attached hydrogen (secondary N) is 1. The molecule has 11 nitrogen and oxygen atoms in total. The number of aromatic nitrogens is 2. The average Bonchev–Trinajstić information content (AvgIpc) is 3.55. The van der Waals surface area contributed by atoms with Crippen molar-refractivity contribution in [3.8, 4) is 11.6 Å². The zero-order chi connectivity index (χ0) is 33.0. The number of alkyl halides is 2. The summed E-state index contributed by atoms with van der Waals surface area (Å²) >= 11 is 0. The normalized spacial score (nSPS) is 33.0. The van der Waals surface area contributed by atoms with Gasteiger partial charge in [-0.3, -0.25) is 4.79 Å². The van der Waals surface area contributed by atoms with Crippen molar-refractivity contribution in [3.05, 3.63) is 23.9 Å². The zero-order valence-corrected chi connectivity index (χ0v) is 26.8. The van der Waals surface area contributed by atoms with E-state index in [0.717, 1.165) is 6.42 Å². The topological polar surface area (TPSA) is 129 Å². The lowest BCUT2D eigenvalue weighted by Gasteiger charge is -2.35. The molecule has 1 aromatic carbocycles. The molecule has 2 unspecified atom stereocenters. The first kappa shape index (κ1) is 32.3. The second-order valence-corrected chi connectivity index (χ2v) is 14.1. The molecule has 2 aliphatic carbocycles. The van der Waals surface area contributed by atoms with Crippen molar-refractivity contribution in [2.45, 2.75) is 83.6 Å². The first-order chi connectivity index (χ1) is 21.8. The molecule has 4 aliphatic rings. The molecule has 2 aromatic rings. The van der Waals surface area contributed by atoms with Gasteiger partial charge in [0.05, 0.1) is 30.7 Å². The Balaban J connectivity index is 1.41. The number of hydrogen-bond acceptors (Lipinski definition) is 9. The largest absolute Gasteiger partial charge is 0.497 e. The third-order valence-electron chi connectivity index (χ3n) is 10.0. The highest BCUT2D eigenvalue weighted by Gasteiger charge is 2.55. The molecule has 3 heterocycles. The number of carbonyl (C=O) groups is 3. The molecule has 1 aromatic heterocycles. The molecule has 13 heteroatoms. The van der Waals surface area contributed by atoms with Crippen LogP contribution in [0.15, 0.2) is 18.2 Å². The number of fused-ring (bicyclic) bond motifs is 7. The van der Waals surface area contributed by atoms with Crippen LogP contribution in [-0.4, -0.2) is 84.3 Å². The van der Waals surface area contributed by atoms with Crippen molar-refractivity contribution in [1.29, 1.82) is 0 Å². The summed E-state index contributed by atoms with van der Waals surface area (Å²) in [5, 5.41) is 2.80. The van der Waals surface area contributed by atoms with E-state index < -0.39 is 71.7 Å². The molecular formula is C33H42F2N4O7. The van der Waals surface area contributed by atoms with Crippen molar-refractivity contribution in [2.24, 2.45) is 29.1 Å². The minimum absolute atomic E-state index is 0.0366. The molecule has 1 saturated heterocycles. The Morgan fingerprint density at radius 3 is 2.59 bits per heavy atom. The van der Waals surface area contributed by atoms with Gasteiger partial charge in [0.25, 0.3) is 0 Å². The Bertz CT molecular complexity index is 1500. The van der Waals surface area contributed by atoms with Crippen LogP contribution < -0.4 is 14.8 Å². The van der Waals surface area contributed by atoms with Crippen LogP contribution in [0.2, 0.25) is 0 Å². The van der Waals surface area contributed by atoms with Crippen molar-refractivity contribution in [3.63, 3.8) is 0 Å². The van der Waals surface area contributed by atoms with Crippen LogP contribution in [-0.2, 0) is 25.0 Å². The lowest BCUT2D eigenvalue weighted by atomic mass is 9.85. The summed E-state index contributed by atoms with van der Waals surface area (Å²) in [5.74, 6) is -3.80. The van der Waals surface area contributed by atoms with Gasteiger partial charge in [-0.15, -0.1) is 0 Å². The summed E-state index contributed by atoms with van der Waals surface area (Å²) < 4.78 is 54.9. The molecule has 0 spiro atoms. The quantitative estimate of drug-likeness (QED) is 0.481. The van der Waals surface area contributed by atoms with E-state index in [-0.39, 0.29) is 30.1 Å². The van der Waals surface area contributed by atoms with Crippen LogP contribution >= 0.6 is 0 Å². The molecule has 6 rings (SSSR count). The van der Waals surface area contributed by atoms with Crippen LogP contribution in [0.1, 0.15) is 59.1 Å². The van der Waals surface area contributed by atoms with E-state index in [4.69, 9.17) is 18.9 Å². The number of alkyl carbamates (subject to hydrolysis) is 1. The molecule has 3 fully saturated rings. The molecule has 2 saturated carbocycles. The summed E-state index contributed by atoms with van der Waals surface area (Å²) in [6.45, 7) is 6.28. The molecule has 2 amide bonds. The predicted molar refractivity (Wildman–Crippen MR) is 162 cm³/mol. The number of aldehydes is 1. The van der Waals surface area contributed by atoms with Gasteiger partial charge >= 0.3 is 12.0 Å².